The first-order chi connectivity index (χ1) is 10.4. The minimum Gasteiger partial charge on any atom is -0.385 e. The molecule has 0 aromatic heterocycles. The Bertz CT molecular complexity index is 495. The third kappa shape index (κ3) is 3.09. The average molecular weight is 285 g/mol. The number of fused-ring (bicyclic) bond motifs is 1. The molecule has 0 spiro atoms. The summed E-state index contributed by atoms with van der Waals surface area (Å²) in [6, 6.07) is 7.71. The summed E-state index contributed by atoms with van der Waals surface area (Å²) < 4.78 is 0. The highest BCUT2D eigenvalue weighted by molar-refractivity contribution is 5.59. The Balaban J connectivity index is 1.29. The summed E-state index contributed by atoms with van der Waals surface area (Å²) in [7, 11) is 0. The second-order valence-electron chi connectivity index (χ2n) is 6.99. The van der Waals surface area contributed by atoms with Crippen LogP contribution in [-0.2, 0) is 13.0 Å². The van der Waals surface area contributed by atoms with Crippen molar-refractivity contribution in [2.45, 2.75) is 44.7 Å². The van der Waals surface area contributed by atoms with Crippen LogP contribution < -0.4 is 10.6 Å². The lowest BCUT2D eigenvalue weighted by atomic mass is 9.99. The van der Waals surface area contributed by atoms with E-state index in [9.17, 15) is 0 Å². The van der Waals surface area contributed by atoms with Gasteiger partial charge in [-0.15, -0.1) is 0 Å². The van der Waals surface area contributed by atoms with Gasteiger partial charge in [-0.3, -0.25) is 0 Å². The molecular formula is C18H27N3. The second kappa shape index (κ2) is 5.98. The van der Waals surface area contributed by atoms with Gasteiger partial charge in [0.15, 0.2) is 0 Å². The lowest BCUT2D eigenvalue weighted by molar-refractivity contribution is 0.312. The number of rotatable bonds is 5. The maximum absolute atomic E-state index is 3.71. The number of para-hydroxylation sites is 1. The molecule has 0 radical (unpaired) electrons. The van der Waals surface area contributed by atoms with Gasteiger partial charge in [0.1, 0.15) is 0 Å². The van der Waals surface area contributed by atoms with Crippen molar-refractivity contribution >= 4 is 5.69 Å². The summed E-state index contributed by atoms with van der Waals surface area (Å²) in [5, 5.41) is 7.30. The molecular weight excluding hydrogens is 258 g/mol. The van der Waals surface area contributed by atoms with Gasteiger partial charge in [-0.25, -0.2) is 0 Å². The molecule has 1 aromatic rings. The van der Waals surface area contributed by atoms with E-state index < -0.39 is 0 Å². The molecule has 2 N–H and O–H groups in total. The van der Waals surface area contributed by atoms with Crippen LogP contribution in [-0.4, -0.2) is 37.1 Å². The third-order valence-corrected chi connectivity index (χ3v) is 5.29. The Morgan fingerprint density at radius 1 is 1.24 bits per heavy atom. The molecule has 0 bridgehead atoms. The minimum atomic E-state index is 0.859. The van der Waals surface area contributed by atoms with E-state index in [1.165, 1.54) is 68.6 Å². The first kappa shape index (κ1) is 13.6. The van der Waals surface area contributed by atoms with E-state index in [-0.39, 0.29) is 0 Å². The van der Waals surface area contributed by atoms with E-state index in [0.717, 1.165) is 25.0 Å². The van der Waals surface area contributed by atoms with Gasteiger partial charge in [0.05, 0.1) is 0 Å². The maximum Gasteiger partial charge on any atom is 0.0418 e. The van der Waals surface area contributed by atoms with Crippen molar-refractivity contribution in [1.29, 1.82) is 0 Å². The standard InChI is InChI=1S/C18H27N3/c1-3-15-5-2-9-20-18(15)16(4-1)12-19-11-14-8-10-21(13-14)17-6-7-17/h1,3-4,14,17,19-20H,2,5-13H2. The summed E-state index contributed by atoms with van der Waals surface area (Å²) in [5.41, 5.74) is 4.35. The number of aryl methyl sites for hydroxylation is 1. The summed E-state index contributed by atoms with van der Waals surface area (Å²) in [4.78, 5) is 2.71. The molecule has 1 saturated heterocycles. The van der Waals surface area contributed by atoms with Crippen LogP contribution in [0.25, 0.3) is 0 Å². The summed E-state index contributed by atoms with van der Waals surface area (Å²) in [6.45, 7) is 5.97. The summed E-state index contributed by atoms with van der Waals surface area (Å²) >= 11 is 0. The highest BCUT2D eigenvalue weighted by Crippen LogP contribution is 2.31. The molecule has 0 amide bonds. The smallest absolute Gasteiger partial charge is 0.0418 e. The molecule has 114 valence electrons. The van der Waals surface area contributed by atoms with Gasteiger partial charge in [-0.1, -0.05) is 18.2 Å². The van der Waals surface area contributed by atoms with Gasteiger partial charge < -0.3 is 15.5 Å². The average Bonchev–Trinajstić information content (AvgIpc) is 3.27. The second-order valence-corrected chi connectivity index (χ2v) is 6.99. The largest absolute Gasteiger partial charge is 0.385 e. The predicted molar refractivity (Wildman–Crippen MR) is 87.7 cm³/mol. The van der Waals surface area contributed by atoms with Crippen LogP contribution in [0.2, 0.25) is 0 Å². The van der Waals surface area contributed by atoms with E-state index in [2.05, 4.69) is 33.7 Å². The molecule has 3 nitrogen and oxygen atoms in total. The predicted octanol–water partition coefficient (Wildman–Crippen LogP) is 2.62. The lowest BCUT2D eigenvalue weighted by Crippen LogP contribution is -2.27. The number of hydrogen-bond donors (Lipinski definition) is 2. The highest BCUT2D eigenvalue weighted by atomic mass is 15.2. The zero-order valence-electron chi connectivity index (χ0n) is 12.9. The first-order valence-corrected chi connectivity index (χ1v) is 8.69. The van der Waals surface area contributed by atoms with Crippen molar-refractivity contribution in [3.8, 4) is 0 Å². The summed E-state index contributed by atoms with van der Waals surface area (Å²) in [5.74, 6) is 0.859. The monoisotopic (exact) mass is 285 g/mol. The van der Waals surface area contributed by atoms with Crippen molar-refractivity contribution in [3.63, 3.8) is 0 Å². The molecule has 2 fully saturated rings. The van der Waals surface area contributed by atoms with Crippen molar-refractivity contribution < 1.29 is 0 Å². The Hall–Kier alpha value is -1.06. The van der Waals surface area contributed by atoms with Crippen LogP contribution in [0.5, 0.6) is 0 Å². The van der Waals surface area contributed by atoms with Crippen molar-refractivity contribution in [2.75, 3.05) is 31.5 Å². The lowest BCUT2D eigenvalue weighted by Gasteiger charge is -2.22. The van der Waals surface area contributed by atoms with E-state index in [0.29, 0.717) is 0 Å². The van der Waals surface area contributed by atoms with Gasteiger partial charge in [0.25, 0.3) is 0 Å². The van der Waals surface area contributed by atoms with Gasteiger partial charge in [0, 0.05) is 31.4 Å². The fourth-order valence-electron chi connectivity index (χ4n) is 3.94. The number of likely N-dealkylation sites (tertiary alicyclic amines) is 1. The van der Waals surface area contributed by atoms with Crippen LogP contribution in [0.4, 0.5) is 5.69 Å². The Morgan fingerprint density at radius 3 is 3.10 bits per heavy atom. The molecule has 1 saturated carbocycles. The zero-order valence-corrected chi connectivity index (χ0v) is 12.9. The zero-order chi connectivity index (χ0) is 14.1. The molecule has 1 atom stereocenters. The number of benzene rings is 1. The Labute approximate surface area is 128 Å². The topological polar surface area (TPSA) is 27.3 Å². The molecule has 4 rings (SSSR count). The van der Waals surface area contributed by atoms with Crippen LogP contribution in [0.15, 0.2) is 18.2 Å². The van der Waals surface area contributed by atoms with Crippen molar-refractivity contribution in [1.82, 2.24) is 10.2 Å². The number of anilines is 1. The molecule has 2 heterocycles. The fourth-order valence-corrected chi connectivity index (χ4v) is 3.94. The first-order valence-electron chi connectivity index (χ1n) is 8.69. The van der Waals surface area contributed by atoms with E-state index >= 15 is 0 Å². The van der Waals surface area contributed by atoms with Crippen molar-refractivity contribution in [3.05, 3.63) is 29.3 Å². The maximum atomic E-state index is 3.71. The minimum absolute atomic E-state index is 0.859. The third-order valence-electron chi connectivity index (χ3n) is 5.29. The van der Waals surface area contributed by atoms with E-state index in [4.69, 9.17) is 0 Å². The van der Waals surface area contributed by atoms with Crippen LogP contribution in [0.1, 0.15) is 36.8 Å². The number of nitrogens with one attached hydrogen (secondary N) is 2. The SMILES string of the molecule is c1cc2c(c(CNCC3CCN(C4CC4)C3)c1)NCCC2. The number of nitrogens with zero attached hydrogens (tertiary/aromatic N) is 1. The molecule has 1 aliphatic carbocycles. The molecule has 2 aliphatic heterocycles. The molecule has 3 heteroatoms. The normalized spacial score (nSPS) is 25.6. The van der Waals surface area contributed by atoms with Gasteiger partial charge in [-0.05, 0) is 62.2 Å². The molecule has 3 aliphatic rings. The van der Waals surface area contributed by atoms with Crippen molar-refractivity contribution in [2.24, 2.45) is 5.92 Å². The quantitative estimate of drug-likeness (QED) is 0.871. The molecule has 21 heavy (non-hydrogen) atoms. The fraction of sp³-hybridized carbons (Fsp3) is 0.667. The van der Waals surface area contributed by atoms with Gasteiger partial charge in [0.2, 0.25) is 0 Å². The Morgan fingerprint density at radius 2 is 2.19 bits per heavy atom. The van der Waals surface area contributed by atoms with E-state index in [1.807, 2.05) is 0 Å². The Kier molecular flexibility index (Phi) is 3.87. The van der Waals surface area contributed by atoms with Crippen LogP contribution >= 0.6 is 0 Å². The van der Waals surface area contributed by atoms with Crippen LogP contribution in [0.3, 0.4) is 0 Å². The number of hydrogen-bond acceptors (Lipinski definition) is 3. The molecule has 1 unspecified atom stereocenters. The highest BCUT2D eigenvalue weighted by Gasteiger charge is 2.34. The van der Waals surface area contributed by atoms with Gasteiger partial charge in [-0.2, -0.15) is 0 Å². The van der Waals surface area contributed by atoms with Gasteiger partial charge >= 0.3 is 0 Å². The van der Waals surface area contributed by atoms with E-state index in [1.54, 1.807) is 0 Å². The summed E-state index contributed by atoms with van der Waals surface area (Å²) in [6.07, 6.45) is 6.77. The van der Waals surface area contributed by atoms with Crippen LogP contribution in [0, 0.1) is 5.92 Å². The molecule has 1 aromatic carbocycles.